The van der Waals surface area contributed by atoms with E-state index in [-0.39, 0.29) is 17.7 Å². The molecule has 0 aliphatic heterocycles. The number of aromatic carboxylic acids is 1. The number of nitrogens with one attached hydrogen (secondary N) is 1. The molecule has 7 nitrogen and oxygen atoms in total. The zero-order valence-corrected chi connectivity index (χ0v) is 20.3. The highest BCUT2D eigenvalue weighted by atomic mass is 35.5. The van der Waals surface area contributed by atoms with Crippen molar-refractivity contribution in [3.05, 3.63) is 118 Å². The van der Waals surface area contributed by atoms with Crippen molar-refractivity contribution in [2.75, 3.05) is 5.32 Å². The van der Waals surface area contributed by atoms with Gasteiger partial charge in [0.2, 0.25) is 0 Å². The Bertz CT molecular complexity index is 1350. The second-order valence-corrected chi connectivity index (χ2v) is 8.71. The van der Waals surface area contributed by atoms with Gasteiger partial charge in [0, 0.05) is 18.7 Å². The maximum atomic E-state index is 12.6. The average Bonchev–Trinajstić information content (AvgIpc) is 3.19. The fourth-order valence-corrected chi connectivity index (χ4v) is 4.33. The van der Waals surface area contributed by atoms with Crippen molar-refractivity contribution in [2.24, 2.45) is 0 Å². The van der Waals surface area contributed by atoms with E-state index in [0.29, 0.717) is 29.5 Å². The third-order valence-corrected chi connectivity index (χ3v) is 6.22. The summed E-state index contributed by atoms with van der Waals surface area (Å²) in [5.74, 6) is -0.845. The Hall–Kier alpha value is -3.94. The Morgan fingerprint density at radius 2 is 1.53 bits per heavy atom. The molecule has 0 spiro atoms. The summed E-state index contributed by atoms with van der Waals surface area (Å²) in [4.78, 5) is 28.5. The van der Waals surface area contributed by atoms with Crippen LogP contribution in [0.5, 0.6) is 0 Å². The van der Waals surface area contributed by atoms with Gasteiger partial charge in [-0.25, -0.2) is 9.78 Å². The lowest BCUT2D eigenvalue weighted by Crippen LogP contribution is -2.16. The van der Waals surface area contributed by atoms with E-state index in [9.17, 15) is 19.8 Å². The van der Waals surface area contributed by atoms with Gasteiger partial charge >= 0.3 is 5.97 Å². The molecular formula is C28H26ClN3O4. The molecule has 0 atom stereocenters. The van der Waals surface area contributed by atoms with Crippen LogP contribution in [0.3, 0.4) is 0 Å². The molecule has 36 heavy (non-hydrogen) atoms. The zero-order chi connectivity index (χ0) is 25.5. The summed E-state index contributed by atoms with van der Waals surface area (Å²) in [6.45, 7) is 0.244. The van der Waals surface area contributed by atoms with Crippen LogP contribution in [0.2, 0.25) is 5.15 Å². The molecule has 0 saturated carbocycles. The number of rotatable bonds is 10. The first-order valence-electron chi connectivity index (χ1n) is 11.6. The fourth-order valence-electron chi connectivity index (χ4n) is 4.07. The lowest BCUT2D eigenvalue weighted by molar-refractivity contribution is 0.0692. The molecule has 4 rings (SSSR count). The van der Waals surface area contributed by atoms with E-state index in [1.807, 2.05) is 34.9 Å². The number of carbonyl (C=O) groups is 2. The molecule has 1 amide bonds. The summed E-state index contributed by atoms with van der Waals surface area (Å²) < 4.78 is 1.93. The minimum absolute atomic E-state index is 0.0556. The number of amides is 1. The number of aromatic nitrogens is 2. The standard InChI is InChI=1S/C28H26ClN3O4/c29-26-24(18-33)32(25(31-26)12-6-9-19-7-2-1-3-8-19)17-20-13-15-21(16-14-20)30-27(34)22-10-4-5-11-23(22)28(35)36/h1-5,7-8,10-11,13-16,33H,6,9,12,17-18H2,(H,30,34)(H,35,36). The van der Waals surface area contributed by atoms with Gasteiger partial charge in [0.1, 0.15) is 5.82 Å². The molecule has 8 heteroatoms. The lowest BCUT2D eigenvalue weighted by Gasteiger charge is -2.12. The highest BCUT2D eigenvalue weighted by Gasteiger charge is 2.17. The largest absolute Gasteiger partial charge is 0.478 e. The van der Waals surface area contributed by atoms with E-state index < -0.39 is 11.9 Å². The predicted molar refractivity (Wildman–Crippen MR) is 139 cm³/mol. The number of aliphatic hydroxyl groups excluding tert-OH is 1. The normalized spacial score (nSPS) is 10.8. The second-order valence-electron chi connectivity index (χ2n) is 8.35. The van der Waals surface area contributed by atoms with E-state index in [4.69, 9.17) is 11.6 Å². The number of benzene rings is 3. The number of imidazole rings is 1. The first-order chi connectivity index (χ1) is 17.5. The van der Waals surface area contributed by atoms with Gasteiger partial charge in [-0.3, -0.25) is 4.79 Å². The van der Waals surface area contributed by atoms with Gasteiger partial charge < -0.3 is 20.1 Å². The zero-order valence-electron chi connectivity index (χ0n) is 19.5. The molecule has 3 N–H and O–H groups in total. The predicted octanol–water partition coefficient (Wildman–Crippen LogP) is 5.20. The van der Waals surface area contributed by atoms with Crippen LogP contribution >= 0.6 is 11.6 Å². The van der Waals surface area contributed by atoms with E-state index in [0.717, 1.165) is 24.2 Å². The number of nitrogens with zero attached hydrogens (tertiary/aromatic N) is 2. The number of hydrogen-bond acceptors (Lipinski definition) is 4. The summed E-state index contributed by atoms with van der Waals surface area (Å²) in [7, 11) is 0. The second kappa shape index (κ2) is 11.7. The van der Waals surface area contributed by atoms with Gasteiger partial charge in [0.05, 0.1) is 23.4 Å². The topological polar surface area (TPSA) is 104 Å². The number of aryl methyl sites for hydroxylation is 2. The summed E-state index contributed by atoms with van der Waals surface area (Å²) in [6, 6.07) is 23.5. The number of anilines is 1. The van der Waals surface area contributed by atoms with Crippen molar-refractivity contribution in [2.45, 2.75) is 32.4 Å². The highest BCUT2D eigenvalue weighted by Crippen LogP contribution is 2.22. The van der Waals surface area contributed by atoms with Gasteiger partial charge in [-0.15, -0.1) is 0 Å². The molecule has 4 aromatic rings. The van der Waals surface area contributed by atoms with Crippen molar-refractivity contribution in [3.63, 3.8) is 0 Å². The molecule has 0 saturated heterocycles. The van der Waals surface area contributed by atoms with Crippen LogP contribution in [-0.2, 0) is 26.0 Å². The van der Waals surface area contributed by atoms with Crippen molar-refractivity contribution in [3.8, 4) is 0 Å². The van der Waals surface area contributed by atoms with Gasteiger partial charge in [-0.1, -0.05) is 66.2 Å². The van der Waals surface area contributed by atoms with Gasteiger partial charge in [-0.05, 0) is 48.2 Å². The van der Waals surface area contributed by atoms with Crippen molar-refractivity contribution >= 4 is 29.2 Å². The number of carboxylic acid groups (broad SMARTS) is 1. The Morgan fingerprint density at radius 3 is 2.19 bits per heavy atom. The highest BCUT2D eigenvalue weighted by molar-refractivity contribution is 6.30. The van der Waals surface area contributed by atoms with Gasteiger partial charge in [0.15, 0.2) is 5.15 Å². The van der Waals surface area contributed by atoms with Crippen LogP contribution in [0.15, 0.2) is 78.9 Å². The molecule has 0 aliphatic carbocycles. The number of hydrogen-bond donors (Lipinski definition) is 3. The first-order valence-corrected chi connectivity index (χ1v) is 11.9. The Morgan fingerprint density at radius 1 is 0.861 bits per heavy atom. The molecule has 0 bridgehead atoms. The first kappa shape index (κ1) is 25.2. The Kier molecular flexibility index (Phi) is 8.15. The minimum atomic E-state index is -1.16. The molecule has 1 heterocycles. The van der Waals surface area contributed by atoms with Crippen molar-refractivity contribution in [1.29, 1.82) is 0 Å². The monoisotopic (exact) mass is 503 g/mol. The lowest BCUT2D eigenvalue weighted by atomic mass is 10.1. The number of halogens is 1. The molecule has 1 aromatic heterocycles. The maximum absolute atomic E-state index is 12.6. The maximum Gasteiger partial charge on any atom is 0.336 e. The van der Waals surface area contributed by atoms with Crippen molar-refractivity contribution in [1.82, 2.24) is 9.55 Å². The van der Waals surface area contributed by atoms with E-state index >= 15 is 0 Å². The van der Waals surface area contributed by atoms with Gasteiger partial charge in [0.25, 0.3) is 5.91 Å². The summed E-state index contributed by atoms with van der Waals surface area (Å²) in [5, 5.41) is 22.2. The molecule has 0 radical (unpaired) electrons. The van der Waals surface area contributed by atoms with Gasteiger partial charge in [-0.2, -0.15) is 0 Å². The summed E-state index contributed by atoms with van der Waals surface area (Å²) in [6.07, 6.45) is 2.52. The molecular weight excluding hydrogens is 478 g/mol. The van der Waals surface area contributed by atoms with Crippen LogP contribution in [-0.4, -0.2) is 31.6 Å². The van der Waals surface area contributed by atoms with Crippen molar-refractivity contribution < 1.29 is 19.8 Å². The Labute approximate surface area is 214 Å². The number of carboxylic acids is 1. The van der Waals surface area contributed by atoms with Crippen LogP contribution in [0, 0.1) is 0 Å². The molecule has 3 aromatic carbocycles. The van der Waals surface area contributed by atoms with Crippen LogP contribution < -0.4 is 5.32 Å². The number of carbonyl (C=O) groups excluding carboxylic acids is 1. The van der Waals surface area contributed by atoms with E-state index in [2.05, 4.69) is 22.4 Å². The van der Waals surface area contributed by atoms with Crippen LogP contribution in [0.25, 0.3) is 0 Å². The SMILES string of the molecule is O=C(O)c1ccccc1C(=O)Nc1ccc(Cn2c(CCCc3ccccc3)nc(Cl)c2CO)cc1. The smallest absolute Gasteiger partial charge is 0.336 e. The average molecular weight is 504 g/mol. The quantitative estimate of drug-likeness (QED) is 0.276. The molecule has 0 unspecified atom stereocenters. The molecule has 184 valence electrons. The summed E-state index contributed by atoms with van der Waals surface area (Å²) in [5.41, 5.74) is 3.33. The minimum Gasteiger partial charge on any atom is -0.478 e. The Balaban J connectivity index is 1.45. The van der Waals surface area contributed by atoms with E-state index in [1.165, 1.54) is 17.7 Å². The molecule has 0 aliphatic rings. The summed E-state index contributed by atoms with van der Waals surface area (Å²) >= 11 is 6.31. The molecule has 0 fully saturated rings. The number of aliphatic hydroxyl groups is 1. The third kappa shape index (κ3) is 6.00. The van der Waals surface area contributed by atoms with E-state index in [1.54, 1.807) is 24.3 Å². The third-order valence-electron chi connectivity index (χ3n) is 5.92. The van der Waals surface area contributed by atoms with Crippen LogP contribution in [0.4, 0.5) is 5.69 Å². The fraction of sp³-hybridized carbons (Fsp3) is 0.179. The van der Waals surface area contributed by atoms with Crippen LogP contribution in [0.1, 0.15) is 49.8 Å².